The van der Waals surface area contributed by atoms with Gasteiger partial charge in [-0.25, -0.2) is 0 Å². The first-order valence-electron chi connectivity index (χ1n) is 3.95. The average molecular weight is 194 g/mol. The lowest BCUT2D eigenvalue weighted by Gasteiger charge is -2.18. The average Bonchev–Trinajstić information content (AvgIpc) is 2.43. The molecule has 78 valence electrons. The first-order valence-corrected chi connectivity index (χ1v) is 3.95. The third kappa shape index (κ3) is 1.98. The number of ether oxygens (including phenoxy) is 2. The van der Waals surface area contributed by atoms with Crippen LogP contribution in [0, 0.1) is 0 Å². The van der Waals surface area contributed by atoms with Gasteiger partial charge in [-0.2, -0.15) is 0 Å². The number of hydrogen-bond acceptors (Lipinski definition) is 6. The van der Waals surface area contributed by atoms with Crippen LogP contribution in [0.3, 0.4) is 0 Å². The molecule has 1 aliphatic rings. The van der Waals surface area contributed by atoms with Crippen LogP contribution < -0.4 is 0 Å². The Morgan fingerprint density at radius 3 is 2.38 bits per heavy atom. The zero-order chi connectivity index (χ0) is 10.0. The second kappa shape index (κ2) is 4.32. The largest absolute Gasteiger partial charge is 0.394 e. The van der Waals surface area contributed by atoms with Crippen LogP contribution in [0.1, 0.15) is 0 Å². The van der Waals surface area contributed by atoms with Crippen molar-refractivity contribution in [3.63, 3.8) is 0 Å². The van der Waals surface area contributed by atoms with Crippen LogP contribution in [0.2, 0.25) is 0 Å². The minimum atomic E-state index is -1.24. The number of aliphatic hydroxyl groups is 4. The van der Waals surface area contributed by atoms with Gasteiger partial charge >= 0.3 is 0 Å². The monoisotopic (exact) mass is 194 g/mol. The van der Waals surface area contributed by atoms with E-state index >= 15 is 0 Å². The summed E-state index contributed by atoms with van der Waals surface area (Å²) >= 11 is 0. The Kier molecular flexibility index (Phi) is 3.60. The van der Waals surface area contributed by atoms with Gasteiger partial charge in [-0.05, 0) is 0 Å². The Labute approximate surface area is 75.3 Å². The molecule has 1 rings (SSSR count). The van der Waals surface area contributed by atoms with E-state index in [1.165, 1.54) is 7.11 Å². The van der Waals surface area contributed by atoms with Crippen molar-refractivity contribution < 1.29 is 29.9 Å². The van der Waals surface area contributed by atoms with E-state index in [1.54, 1.807) is 0 Å². The van der Waals surface area contributed by atoms with E-state index < -0.39 is 37.3 Å². The summed E-state index contributed by atoms with van der Waals surface area (Å²) < 4.78 is 9.65. The van der Waals surface area contributed by atoms with Crippen molar-refractivity contribution in [3.05, 3.63) is 0 Å². The first-order chi connectivity index (χ1) is 6.11. The van der Waals surface area contributed by atoms with Crippen molar-refractivity contribution in [1.82, 2.24) is 0 Å². The maximum Gasteiger partial charge on any atom is 0.186 e. The van der Waals surface area contributed by atoms with Gasteiger partial charge in [0.25, 0.3) is 0 Å². The quantitative estimate of drug-likeness (QED) is 0.394. The maximum absolute atomic E-state index is 9.33. The van der Waals surface area contributed by atoms with Crippen LogP contribution in [0.5, 0.6) is 0 Å². The summed E-state index contributed by atoms with van der Waals surface area (Å²) in [6, 6.07) is 0. The molecule has 0 radical (unpaired) electrons. The van der Waals surface area contributed by atoms with Gasteiger partial charge in [-0.3, -0.25) is 0 Å². The van der Waals surface area contributed by atoms with E-state index in [0.717, 1.165) is 0 Å². The van der Waals surface area contributed by atoms with Crippen LogP contribution in [0.25, 0.3) is 0 Å². The van der Waals surface area contributed by atoms with E-state index in [2.05, 4.69) is 0 Å². The topological polar surface area (TPSA) is 99.4 Å². The zero-order valence-electron chi connectivity index (χ0n) is 7.20. The first kappa shape index (κ1) is 10.8. The summed E-state index contributed by atoms with van der Waals surface area (Å²) in [4.78, 5) is 0. The smallest absolute Gasteiger partial charge is 0.186 e. The van der Waals surface area contributed by atoms with Gasteiger partial charge in [0.15, 0.2) is 6.29 Å². The van der Waals surface area contributed by atoms with E-state index in [1.807, 2.05) is 0 Å². The molecule has 0 aromatic heterocycles. The Balaban J connectivity index is 2.60. The molecule has 0 aromatic rings. The van der Waals surface area contributed by atoms with Crippen molar-refractivity contribution in [2.45, 2.75) is 30.7 Å². The molecule has 0 bridgehead atoms. The molecular weight excluding hydrogens is 180 g/mol. The second-order valence-electron chi connectivity index (χ2n) is 2.94. The van der Waals surface area contributed by atoms with Gasteiger partial charge in [-0.1, -0.05) is 0 Å². The third-order valence-electron chi connectivity index (χ3n) is 2.06. The lowest BCUT2D eigenvalue weighted by atomic mass is 10.1. The van der Waals surface area contributed by atoms with Crippen LogP contribution in [0.15, 0.2) is 0 Å². The SMILES string of the molecule is CO[C@@H]1O[C@@H](C(O)CO)[C@H](O)[C@H]1O. The molecule has 1 unspecified atom stereocenters. The highest BCUT2D eigenvalue weighted by molar-refractivity contribution is 4.90. The Morgan fingerprint density at radius 2 is 2.00 bits per heavy atom. The molecule has 1 saturated heterocycles. The molecular formula is C7H14O6. The zero-order valence-corrected chi connectivity index (χ0v) is 7.20. The highest BCUT2D eigenvalue weighted by Crippen LogP contribution is 2.23. The molecule has 1 heterocycles. The lowest BCUT2D eigenvalue weighted by molar-refractivity contribution is -0.166. The summed E-state index contributed by atoms with van der Waals surface area (Å²) in [5.41, 5.74) is 0. The molecule has 13 heavy (non-hydrogen) atoms. The fourth-order valence-electron chi connectivity index (χ4n) is 1.29. The molecule has 6 heteroatoms. The number of rotatable bonds is 3. The summed E-state index contributed by atoms with van der Waals surface area (Å²) in [6.07, 6.45) is -5.63. The fourth-order valence-corrected chi connectivity index (χ4v) is 1.29. The Hall–Kier alpha value is -0.240. The van der Waals surface area contributed by atoms with Gasteiger partial charge in [-0.15, -0.1) is 0 Å². The van der Waals surface area contributed by atoms with Gasteiger partial charge in [0.05, 0.1) is 6.61 Å². The molecule has 6 nitrogen and oxygen atoms in total. The van der Waals surface area contributed by atoms with Gasteiger partial charge < -0.3 is 29.9 Å². The van der Waals surface area contributed by atoms with Gasteiger partial charge in [0, 0.05) is 7.11 Å². The molecule has 0 aromatic carbocycles. The van der Waals surface area contributed by atoms with Crippen molar-refractivity contribution in [3.8, 4) is 0 Å². The highest BCUT2D eigenvalue weighted by atomic mass is 16.7. The van der Waals surface area contributed by atoms with E-state index in [0.29, 0.717) is 0 Å². The number of methoxy groups -OCH3 is 1. The maximum atomic E-state index is 9.33. The minimum Gasteiger partial charge on any atom is -0.394 e. The third-order valence-corrected chi connectivity index (χ3v) is 2.06. The molecule has 5 atom stereocenters. The van der Waals surface area contributed by atoms with Crippen molar-refractivity contribution in [2.24, 2.45) is 0 Å². The molecule has 0 aliphatic carbocycles. The minimum absolute atomic E-state index is 0.537. The molecule has 1 fully saturated rings. The summed E-state index contributed by atoms with van der Waals surface area (Å²) in [5, 5.41) is 36.4. The standard InChI is InChI=1S/C7H14O6/c1-12-7-5(11)4(10)6(13-7)3(9)2-8/h3-11H,2H2,1H3/t3?,4-,5-,6+,7-/m1/s1. The Morgan fingerprint density at radius 1 is 1.38 bits per heavy atom. The van der Waals surface area contributed by atoms with Crippen LogP contribution >= 0.6 is 0 Å². The predicted octanol–water partition coefficient (Wildman–Crippen LogP) is -2.57. The van der Waals surface area contributed by atoms with Crippen LogP contribution in [0.4, 0.5) is 0 Å². The van der Waals surface area contributed by atoms with Crippen molar-refractivity contribution in [2.75, 3.05) is 13.7 Å². The van der Waals surface area contributed by atoms with E-state index in [-0.39, 0.29) is 0 Å². The van der Waals surface area contributed by atoms with Crippen molar-refractivity contribution >= 4 is 0 Å². The predicted molar refractivity (Wildman–Crippen MR) is 40.8 cm³/mol. The normalized spacial score (nSPS) is 42.2. The van der Waals surface area contributed by atoms with Crippen LogP contribution in [-0.2, 0) is 9.47 Å². The fraction of sp³-hybridized carbons (Fsp3) is 1.00. The highest BCUT2D eigenvalue weighted by Gasteiger charge is 2.45. The number of aliphatic hydroxyl groups excluding tert-OH is 4. The summed E-state index contributed by atoms with van der Waals surface area (Å²) in [6.45, 7) is -0.537. The summed E-state index contributed by atoms with van der Waals surface area (Å²) in [7, 11) is 1.31. The molecule has 0 saturated carbocycles. The van der Waals surface area contributed by atoms with Gasteiger partial charge in [0.2, 0.25) is 0 Å². The second-order valence-corrected chi connectivity index (χ2v) is 2.94. The molecule has 0 spiro atoms. The van der Waals surface area contributed by atoms with Gasteiger partial charge in [0.1, 0.15) is 24.4 Å². The van der Waals surface area contributed by atoms with Crippen molar-refractivity contribution in [1.29, 1.82) is 0 Å². The Bertz CT molecular complexity index is 163. The van der Waals surface area contributed by atoms with Crippen LogP contribution in [-0.4, -0.2) is 64.8 Å². The molecule has 1 aliphatic heterocycles. The summed E-state index contributed by atoms with van der Waals surface area (Å²) in [5.74, 6) is 0. The van der Waals surface area contributed by atoms with E-state index in [9.17, 15) is 10.2 Å². The molecule has 0 amide bonds. The number of hydrogen-bond donors (Lipinski definition) is 4. The van der Waals surface area contributed by atoms with E-state index in [4.69, 9.17) is 19.7 Å². The molecule has 4 N–H and O–H groups in total. The lowest BCUT2D eigenvalue weighted by Crippen LogP contribution is -2.40.